The third-order valence-electron chi connectivity index (χ3n) is 3.58. The van der Waals surface area contributed by atoms with E-state index in [4.69, 9.17) is 0 Å². The number of aromatic nitrogens is 2. The van der Waals surface area contributed by atoms with Gasteiger partial charge in [-0.15, -0.1) is 0 Å². The minimum absolute atomic E-state index is 0.590. The van der Waals surface area contributed by atoms with Crippen molar-refractivity contribution in [2.75, 3.05) is 0 Å². The highest BCUT2D eigenvalue weighted by Gasteiger charge is 2.09. The van der Waals surface area contributed by atoms with Gasteiger partial charge in [-0.1, -0.05) is 45.0 Å². The normalized spacial score (nSPS) is 12.8. The molecule has 0 fully saturated rings. The monoisotopic (exact) mass is 257 g/mol. The van der Waals surface area contributed by atoms with Gasteiger partial charge in [0.2, 0.25) is 0 Å². The maximum atomic E-state index is 3.97. The van der Waals surface area contributed by atoms with E-state index in [2.05, 4.69) is 60.6 Å². The van der Waals surface area contributed by atoms with Crippen molar-refractivity contribution in [2.45, 2.75) is 39.8 Å². The lowest BCUT2D eigenvalue weighted by atomic mass is 10.0. The molecule has 0 bridgehead atoms. The van der Waals surface area contributed by atoms with Gasteiger partial charge in [-0.25, -0.2) is 0 Å². The molecule has 19 heavy (non-hydrogen) atoms. The first-order chi connectivity index (χ1) is 9.20. The van der Waals surface area contributed by atoms with Gasteiger partial charge in [0, 0.05) is 18.8 Å². The van der Waals surface area contributed by atoms with Crippen LogP contribution in [0.5, 0.6) is 0 Å². The lowest BCUT2D eigenvalue weighted by molar-refractivity contribution is 0.387. The molecular weight excluding hydrogens is 234 g/mol. The van der Waals surface area contributed by atoms with Crippen LogP contribution in [0.2, 0.25) is 0 Å². The van der Waals surface area contributed by atoms with Crippen LogP contribution in [0.25, 0.3) is 11.3 Å². The molecule has 1 unspecified atom stereocenters. The molecule has 0 saturated heterocycles. The number of benzene rings is 1. The van der Waals surface area contributed by atoms with E-state index >= 15 is 0 Å². The zero-order valence-electron chi connectivity index (χ0n) is 12.0. The van der Waals surface area contributed by atoms with E-state index in [1.807, 2.05) is 6.07 Å². The van der Waals surface area contributed by atoms with Crippen molar-refractivity contribution in [1.29, 1.82) is 0 Å². The molecule has 0 aliphatic heterocycles. The Kier molecular flexibility index (Phi) is 4.74. The Balaban J connectivity index is 1.96. The predicted octanol–water partition coefficient (Wildman–Crippen LogP) is 3.60. The molecule has 2 aromatic rings. The van der Waals surface area contributed by atoms with E-state index in [9.17, 15) is 0 Å². The molecule has 0 amide bonds. The van der Waals surface area contributed by atoms with Crippen molar-refractivity contribution in [1.82, 2.24) is 15.5 Å². The summed E-state index contributed by atoms with van der Waals surface area (Å²) in [7, 11) is 0. The first kappa shape index (κ1) is 13.8. The standard InChI is InChI=1S/C16H23N3/c1-4-15(12(2)3)17-11-13-5-7-14(8-6-13)16-9-10-18-19-16/h5-10,12,15,17H,4,11H2,1-3H3,(H,18,19). The molecule has 0 saturated carbocycles. The summed E-state index contributed by atoms with van der Waals surface area (Å²) in [6.07, 6.45) is 2.95. The summed E-state index contributed by atoms with van der Waals surface area (Å²) in [6.45, 7) is 7.70. The molecule has 1 aromatic carbocycles. The highest BCUT2D eigenvalue weighted by Crippen LogP contribution is 2.17. The van der Waals surface area contributed by atoms with E-state index in [0.29, 0.717) is 12.0 Å². The van der Waals surface area contributed by atoms with Crippen LogP contribution in [0.1, 0.15) is 32.8 Å². The summed E-state index contributed by atoms with van der Waals surface area (Å²) in [5.74, 6) is 0.675. The second-order valence-corrected chi connectivity index (χ2v) is 5.31. The summed E-state index contributed by atoms with van der Waals surface area (Å²) < 4.78 is 0. The quantitative estimate of drug-likeness (QED) is 0.830. The lowest BCUT2D eigenvalue weighted by Gasteiger charge is -2.20. The van der Waals surface area contributed by atoms with Crippen LogP contribution in [0.4, 0.5) is 0 Å². The molecule has 0 radical (unpaired) electrons. The van der Waals surface area contributed by atoms with Crippen molar-refractivity contribution in [3.63, 3.8) is 0 Å². The Hall–Kier alpha value is -1.61. The lowest BCUT2D eigenvalue weighted by Crippen LogP contribution is -2.32. The molecule has 0 aliphatic carbocycles. The summed E-state index contributed by atoms with van der Waals surface area (Å²) in [5.41, 5.74) is 3.56. The fourth-order valence-corrected chi connectivity index (χ4v) is 2.32. The van der Waals surface area contributed by atoms with Gasteiger partial charge in [0.1, 0.15) is 0 Å². The highest BCUT2D eigenvalue weighted by atomic mass is 15.1. The molecule has 1 atom stereocenters. The van der Waals surface area contributed by atoms with Gasteiger partial charge < -0.3 is 5.32 Å². The smallest absolute Gasteiger partial charge is 0.0650 e. The van der Waals surface area contributed by atoms with E-state index in [1.165, 1.54) is 17.5 Å². The number of hydrogen-bond donors (Lipinski definition) is 2. The predicted molar refractivity (Wildman–Crippen MR) is 79.8 cm³/mol. The van der Waals surface area contributed by atoms with Crippen LogP contribution in [-0.2, 0) is 6.54 Å². The summed E-state index contributed by atoms with van der Waals surface area (Å²) in [4.78, 5) is 0. The van der Waals surface area contributed by atoms with Gasteiger partial charge in [-0.3, -0.25) is 5.10 Å². The minimum Gasteiger partial charge on any atom is -0.310 e. The topological polar surface area (TPSA) is 40.7 Å². The highest BCUT2D eigenvalue weighted by molar-refractivity contribution is 5.58. The van der Waals surface area contributed by atoms with E-state index < -0.39 is 0 Å². The average molecular weight is 257 g/mol. The second kappa shape index (κ2) is 6.53. The van der Waals surface area contributed by atoms with Crippen molar-refractivity contribution >= 4 is 0 Å². The van der Waals surface area contributed by atoms with Crippen molar-refractivity contribution in [2.24, 2.45) is 5.92 Å². The number of H-pyrrole nitrogens is 1. The van der Waals surface area contributed by atoms with Gasteiger partial charge in [0.25, 0.3) is 0 Å². The maximum Gasteiger partial charge on any atom is 0.0650 e. The molecule has 102 valence electrons. The SMILES string of the molecule is CCC(NCc1ccc(-c2ccn[nH]2)cc1)C(C)C. The summed E-state index contributed by atoms with van der Waals surface area (Å²) in [6, 6.07) is 11.2. The van der Waals surface area contributed by atoms with Crippen LogP contribution in [-0.4, -0.2) is 16.2 Å². The molecule has 3 nitrogen and oxygen atoms in total. The van der Waals surface area contributed by atoms with Gasteiger partial charge >= 0.3 is 0 Å². The van der Waals surface area contributed by atoms with Crippen LogP contribution in [0.3, 0.4) is 0 Å². The van der Waals surface area contributed by atoms with Crippen LogP contribution >= 0.6 is 0 Å². The zero-order valence-corrected chi connectivity index (χ0v) is 12.0. The Bertz CT molecular complexity index is 471. The largest absolute Gasteiger partial charge is 0.310 e. The molecule has 0 spiro atoms. The van der Waals surface area contributed by atoms with E-state index in [0.717, 1.165) is 12.2 Å². The Labute approximate surface area is 115 Å². The Morgan fingerprint density at radius 2 is 1.89 bits per heavy atom. The fraction of sp³-hybridized carbons (Fsp3) is 0.438. The number of nitrogens with zero attached hydrogens (tertiary/aromatic N) is 1. The number of aromatic amines is 1. The molecule has 2 N–H and O–H groups in total. The Morgan fingerprint density at radius 3 is 2.42 bits per heavy atom. The number of rotatable bonds is 6. The molecule has 0 aliphatic rings. The fourth-order valence-electron chi connectivity index (χ4n) is 2.32. The zero-order chi connectivity index (χ0) is 13.7. The molecular formula is C16H23N3. The van der Waals surface area contributed by atoms with Crippen LogP contribution in [0.15, 0.2) is 36.5 Å². The van der Waals surface area contributed by atoms with Crippen molar-refractivity contribution < 1.29 is 0 Å². The van der Waals surface area contributed by atoms with Gasteiger partial charge in [0.15, 0.2) is 0 Å². The molecule has 1 heterocycles. The maximum absolute atomic E-state index is 3.97. The molecule has 3 heteroatoms. The van der Waals surface area contributed by atoms with E-state index in [1.54, 1.807) is 6.20 Å². The second-order valence-electron chi connectivity index (χ2n) is 5.31. The molecule has 1 aromatic heterocycles. The Morgan fingerprint density at radius 1 is 1.16 bits per heavy atom. The van der Waals surface area contributed by atoms with Crippen molar-refractivity contribution in [3.8, 4) is 11.3 Å². The third-order valence-corrected chi connectivity index (χ3v) is 3.58. The summed E-state index contributed by atoms with van der Waals surface area (Å²) in [5, 5.41) is 10.6. The minimum atomic E-state index is 0.590. The van der Waals surface area contributed by atoms with Gasteiger partial charge in [-0.2, -0.15) is 5.10 Å². The van der Waals surface area contributed by atoms with Crippen LogP contribution < -0.4 is 5.32 Å². The van der Waals surface area contributed by atoms with Gasteiger partial charge in [-0.05, 0) is 29.5 Å². The van der Waals surface area contributed by atoms with Gasteiger partial charge in [0.05, 0.1) is 5.69 Å². The first-order valence-corrected chi connectivity index (χ1v) is 7.02. The number of nitrogens with one attached hydrogen (secondary N) is 2. The number of hydrogen-bond acceptors (Lipinski definition) is 2. The van der Waals surface area contributed by atoms with E-state index in [-0.39, 0.29) is 0 Å². The summed E-state index contributed by atoms with van der Waals surface area (Å²) >= 11 is 0. The van der Waals surface area contributed by atoms with Crippen molar-refractivity contribution in [3.05, 3.63) is 42.1 Å². The average Bonchev–Trinajstić information content (AvgIpc) is 2.94. The van der Waals surface area contributed by atoms with Crippen LogP contribution in [0, 0.1) is 5.92 Å². The first-order valence-electron chi connectivity index (χ1n) is 7.02. The third kappa shape index (κ3) is 3.67. The molecule has 2 rings (SSSR count).